The number of Topliss-reactive ketones (excluding diaryl/α,β-unsaturated/α-hetero) is 2. The van der Waals surface area contributed by atoms with Gasteiger partial charge in [-0.25, -0.2) is 4.39 Å². The van der Waals surface area contributed by atoms with E-state index in [0.29, 0.717) is 17.9 Å². The lowest BCUT2D eigenvalue weighted by Crippen LogP contribution is -2.21. The second-order valence-corrected chi connectivity index (χ2v) is 10.4. The van der Waals surface area contributed by atoms with Gasteiger partial charge in [0.2, 0.25) is 23.3 Å². The van der Waals surface area contributed by atoms with Crippen LogP contribution in [0.3, 0.4) is 0 Å². The summed E-state index contributed by atoms with van der Waals surface area (Å²) in [6, 6.07) is 10.4. The van der Waals surface area contributed by atoms with E-state index in [9.17, 15) is 14.0 Å². The standard InChI is InChI=1S/C28H23ClFN3O4/c1-15-32-27(33-36-15)26-21(12-19(29)13-22(26)30)17-4-5-20-16(10-17)2-3-18(20)11-25(35)28(7-8-28)14-23(34)24-6-9-31-37-24/h4-6,9-10,12-13,18H,2-3,7-8,11,14H2,1H3/t18-/m1/s1. The SMILES string of the molecule is Cc1nc(-c2c(F)cc(Cl)cc2-c2ccc3c(c2)CC[C@@H]3CC(=O)C2(CC(=O)c3ccno3)CC2)no1. The third kappa shape index (κ3) is 4.39. The number of nitrogens with zero attached hydrogens (tertiary/aromatic N) is 3. The lowest BCUT2D eigenvalue weighted by atomic mass is 9.85. The highest BCUT2D eigenvalue weighted by atomic mass is 35.5. The van der Waals surface area contributed by atoms with Gasteiger partial charge in [-0.1, -0.05) is 40.1 Å². The van der Waals surface area contributed by atoms with E-state index in [-0.39, 0.29) is 46.1 Å². The summed E-state index contributed by atoms with van der Waals surface area (Å²) in [5.41, 5.74) is 3.26. The minimum atomic E-state index is -0.581. The molecule has 0 N–H and O–H groups in total. The van der Waals surface area contributed by atoms with Crippen molar-refractivity contribution >= 4 is 23.2 Å². The monoisotopic (exact) mass is 519 g/mol. The van der Waals surface area contributed by atoms with Crippen LogP contribution in [0.1, 0.15) is 65.6 Å². The van der Waals surface area contributed by atoms with E-state index >= 15 is 0 Å². The molecule has 6 rings (SSSR count). The smallest absolute Gasteiger partial charge is 0.223 e. The van der Waals surface area contributed by atoms with Gasteiger partial charge in [-0.2, -0.15) is 4.98 Å². The molecule has 1 fully saturated rings. The fourth-order valence-electron chi connectivity index (χ4n) is 5.41. The van der Waals surface area contributed by atoms with Gasteiger partial charge in [-0.15, -0.1) is 0 Å². The summed E-state index contributed by atoms with van der Waals surface area (Å²) in [6.45, 7) is 1.65. The van der Waals surface area contributed by atoms with Gasteiger partial charge >= 0.3 is 0 Å². The first kappa shape index (κ1) is 23.7. The Kier molecular flexibility index (Phi) is 5.79. The second kappa shape index (κ2) is 9.03. The quantitative estimate of drug-likeness (QED) is 0.244. The molecule has 0 unspecified atom stereocenters. The zero-order valence-electron chi connectivity index (χ0n) is 20.1. The molecule has 0 spiro atoms. The van der Waals surface area contributed by atoms with E-state index in [0.717, 1.165) is 42.4 Å². The summed E-state index contributed by atoms with van der Waals surface area (Å²) in [4.78, 5) is 30.0. The highest BCUT2D eigenvalue weighted by molar-refractivity contribution is 6.31. The lowest BCUT2D eigenvalue weighted by molar-refractivity contribution is -0.124. The molecule has 0 amide bonds. The number of ketones is 2. The number of halogens is 2. The van der Waals surface area contributed by atoms with Gasteiger partial charge in [0.05, 0.1) is 11.8 Å². The topological polar surface area (TPSA) is 99.1 Å². The first-order chi connectivity index (χ1) is 17.8. The third-order valence-electron chi connectivity index (χ3n) is 7.55. The summed E-state index contributed by atoms with van der Waals surface area (Å²) >= 11 is 6.20. The van der Waals surface area contributed by atoms with Crippen molar-refractivity contribution in [1.82, 2.24) is 15.3 Å². The fraction of sp³-hybridized carbons (Fsp3) is 0.321. The Morgan fingerprint density at radius 2 is 2.00 bits per heavy atom. The summed E-state index contributed by atoms with van der Waals surface area (Å²) in [5, 5.41) is 7.77. The van der Waals surface area contributed by atoms with Crippen LogP contribution in [-0.2, 0) is 11.2 Å². The van der Waals surface area contributed by atoms with Crippen molar-refractivity contribution in [2.45, 2.75) is 51.4 Å². The van der Waals surface area contributed by atoms with Crippen LogP contribution in [0, 0.1) is 18.2 Å². The molecule has 2 aliphatic rings. The van der Waals surface area contributed by atoms with Gasteiger partial charge < -0.3 is 9.05 Å². The Labute approximate surface area is 217 Å². The van der Waals surface area contributed by atoms with Gasteiger partial charge in [0.15, 0.2) is 0 Å². The molecular formula is C28H23ClFN3O4. The largest absolute Gasteiger partial charge is 0.353 e. The van der Waals surface area contributed by atoms with Crippen molar-refractivity contribution in [3.05, 3.63) is 76.2 Å². The highest BCUT2D eigenvalue weighted by Gasteiger charge is 2.51. The van der Waals surface area contributed by atoms with Crippen LogP contribution in [0.4, 0.5) is 4.39 Å². The minimum absolute atomic E-state index is 0.0878. The molecule has 188 valence electrons. The lowest BCUT2D eigenvalue weighted by Gasteiger charge is -2.17. The molecule has 37 heavy (non-hydrogen) atoms. The van der Waals surface area contributed by atoms with Crippen LogP contribution in [-0.4, -0.2) is 26.9 Å². The predicted octanol–water partition coefficient (Wildman–Crippen LogP) is 6.53. The normalized spacial score (nSPS) is 17.5. The molecule has 2 aromatic carbocycles. The first-order valence-corrected chi connectivity index (χ1v) is 12.6. The maximum absolute atomic E-state index is 15.0. The van der Waals surface area contributed by atoms with E-state index in [4.69, 9.17) is 20.6 Å². The van der Waals surface area contributed by atoms with Crippen molar-refractivity contribution in [2.24, 2.45) is 5.41 Å². The zero-order valence-corrected chi connectivity index (χ0v) is 20.8. The van der Waals surface area contributed by atoms with Crippen molar-refractivity contribution in [3.63, 3.8) is 0 Å². The molecule has 2 aliphatic carbocycles. The molecule has 2 heterocycles. The number of aryl methyl sites for hydroxylation is 2. The number of hydrogen-bond acceptors (Lipinski definition) is 7. The maximum atomic E-state index is 15.0. The van der Waals surface area contributed by atoms with Gasteiger partial charge in [-0.05, 0) is 66.0 Å². The molecule has 0 saturated heterocycles. The summed E-state index contributed by atoms with van der Waals surface area (Å²) in [7, 11) is 0. The van der Waals surface area contributed by atoms with Crippen LogP contribution < -0.4 is 0 Å². The van der Waals surface area contributed by atoms with Gasteiger partial charge in [-0.3, -0.25) is 9.59 Å². The molecule has 1 saturated carbocycles. The van der Waals surface area contributed by atoms with E-state index in [1.165, 1.54) is 18.3 Å². The van der Waals surface area contributed by atoms with E-state index in [1.54, 1.807) is 13.0 Å². The summed E-state index contributed by atoms with van der Waals surface area (Å²) in [6.07, 6.45) is 5.10. The Morgan fingerprint density at radius 1 is 1.16 bits per heavy atom. The number of carbonyl (C=O) groups excluding carboxylic acids is 2. The number of aromatic nitrogens is 3. The molecule has 0 radical (unpaired) electrons. The molecule has 9 heteroatoms. The maximum Gasteiger partial charge on any atom is 0.223 e. The van der Waals surface area contributed by atoms with E-state index < -0.39 is 11.2 Å². The average Bonchev–Trinajstić information content (AvgIpc) is 3.24. The second-order valence-electron chi connectivity index (χ2n) is 9.98. The summed E-state index contributed by atoms with van der Waals surface area (Å²) in [5.74, 6) is 0.223. The van der Waals surface area contributed by atoms with Gasteiger partial charge in [0.1, 0.15) is 11.6 Å². The van der Waals surface area contributed by atoms with Crippen LogP contribution in [0.5, 0.6) is 0 Å². The van der Waals surface area contributed by atoms with E-state index in [1.807, 2.05) is 18.2 Å². The van der Waals surface area contributed by atoms with Crippen molar-refractivity contribution in [2.75, 3.05) is 0 Å². The third-order valence-corrected chi connectivity index (χ3v) is 7.77. The van der Waals surface area contributed by atoms with Gasteiger partial charge in [0.25, 0.3) is 0 Å². The van der Waals surface area contributed by atoms with E-state index in [2.05, 4.69) is 15.3 Å². The number of hydrogen-bond donors (Lipinski definition) is 0. The minimum Gasteiger partial charge on any atom is -0.353 e. The van der Waals surface area contributed by atoms with Crippen LogP contribution in [0.15, 0.2) is 51.6 Å². The molecule has 0 bridgehead atoms. The Hall–Kier alpha value is -3.65. The van der Waals surface area contributed by atoms with Gasteiger partial charge in [0, 0.05) is 36.3 Å². The Bertz CT molecular complexity index is 1520. The molecule has 1 atom stereocenters. The zero-order chi connectivity index (χ0) is 25.7. The summed E-state index contributed by atoms with van der Waals surface area (Å²) < 4.78 is 25.0. The first-order valence-electron chi connectivity index (χ1n) is 12.2. The van der Waals surface area contributed by atoms with Crippen LogP contribution in [0.25, 0.3) is 22.5 Å². The molecule has 0 aliphatic heterocycles. The molecular weight excluding hydrogens is 497 g/mol. The number of rotatable bonds is 8. The molecule has 2 aromatic heterocycles. The molecule has 4 aromatic rings. The Morgan fingerprint density at radius 3 is 2.70 bits per heavy atom. The van der Waals surface area contributed by atoms with Crippen LogP contribution >= 0.6 is 11.6 Å². The number of benzene rings is 2. The predicted molar refractivity (Wildman–Crippen MR) is 133 cm³/mol. The number of carbonyl (C=O) groups is 2. The van der Waals surface area contributed by atoms with Crippen molar-refractivity contribution < 1.29 is 23.0 Å². The Balaban J connectivity index is 1.24. The highest BCUT2D eigenvalue weighted by Crippen LogP contribution is 2.53. The number of fused-ring (bicyclic) bond motifs is 1. The van der Waals surface area contributed by atoms with Crippen molar-refractivity contribution in [3.8, 4) is 22.5 Å². The average molecular weight is 520 g/mol. The fourth-order valence-corrected chi connectivity index (χ4v) is 5.62. The van der Waals surface area contributed by atoms with Crippen LogP contribution in [0.2, 0.25) is 5.02 Å². The molecule has 7 nitrogen and oxygen atoms in total. The van der Waals surface area contributed by atoms with Crippen molar-refractivity contribution in [1.29, 1.82) is 0 Å².